The molecule has 1 rings (SSSR count). The molecule has 4 nitrogen and oxygen atoms in total. The van der Waals surface area contributed by atoms with E-state index in [1.54, 1.807) is 12.3 Å². The molecule has 1 heterocycles. The fourth-order valence-corrected chi connectivity index (χ4v) is 0.859. The van der Waals surface area contributed by atoms with Gasteiger partial charge in [0, 0.05) is 19.4 Å². The molecule has 0 saturated carbocycles. The highest BCUT2D eigenvalue weighted by Crippen LogP contribution is 2.02. The first-order valence-electron chi connectivity index (χ1n) is 3.50. The Labute approximate surface area is 70.4 Å². The molecule has 0 fully saturated rings. The third-order valence-electron chi connectivity index (χ3n) is 1.42. The van der Waals surface area contributed by atoms with Gasteiger partial charge in [0.2, 0.25) is 0 Å². The zero-order valence-corrected chi connectivity index (χ0v) is 6.98. The lowest BCUT2D eigenvalue weighted by Crippen LogP contribution is -2.22. The minimum Gasteiger partial charge on any atom is -0.286 e. The second kappa shape index (κ2) is 3.32. The zero-order chi connectivity index (χ0) is 9.14. The second-order valence-corrected chi connectivity index (χ2v) is 2.58. The predicted octanol–water partition coefficient (Wildman–Crippen LogP) is 0.851. The second-order valence-electron chi connectivity index (χ2n) is 2.58. The van der Waals surface area contributed by atoms with Gasteiger partial charge in [-0.2, -0.15) is 0 Å². The average Bonchev–Trinajstić information content (AvgIpc) is 2.03. The first-order chi connectivity index (χ1) is 5.61. The highest BCUT2D eigenvalue weighted by Gasteiger charge is 2.08. The van der Waals surface area contributed by atoms with Crippen LogP contribution in [-0.4, -0.2) is 28.2 Å². The molecule has 1 aromatic rings. The van der Waals surface area contributed by atoms with Gasteiger partial charge in [-0.3, -0.25) is 15.0 Å². The smallest absolute Gasteiger partial charge is 0.278 e. The fourth-order valence-electron chi connectivity index (χ4n) is 0.859. The molecule has 0 unspecified atom stereocenters. The zero-order valence-electron chi connectivity index (χ0n) is 6.98. The molecule has 0 aliphatic carbocycles. The Morgan fingerprint density at radius 1 is 1.58 bits per heavy atom. The number of amides is 1. The summed E-state index contributed by atoms with van der Waals surface area (Å²) in [5, 5.41) is 9.36. The van der Waals surface area contributed by atoms with E-state index in [4.69, 9.17) is 5.21 Å². The van der Waals surface area contributed by atoms with E-state index in [1.165, 1.54) is 13.2 Å². The Morgan fingerprint density at radius 2 is 2.25 bits per heavy atom. The minimum atomic E-state index is -0.453. The maximum Gasteiger partial charge on any atom is 0.278 e. The molecule has 64 valence electrons. The Hall–Kier alpha value is -1.42. The molecule has 0 aliphatic heterocycles. The number of pyridine rings is 1. The lowest BCUT2D eigenvalue weighted by Gasteiger charge is -2.07. The predicted molar refractivity (Wildman–Crippen MR) is 42.9 cm³/mol. The van der Waals surface area contributed by atoms with Crippen LogP contribution in [0.2, 0.25) is 0 Å². The Morgan fingerprint density at radius 3 is 2.75 bits per heavy atom. The van der Waals surface area contributed by atoms with Crippen LogP contribution in [0.3, 0.4) is 0 Å². The molecule has 12 heavy (non-hydrogen) atoms. The number of hydroxylamine groups is 2. The monoisotopic (exact) mass is 166 g/mol. The van der Waals surface area contributed by atoms with Gasteiger partial charge in [0.05, 0.1) is 5.56 Å². The summed E-state index contributed by atoms with van der Waals surface area (Å²) < 4.78 is 0. The SMILES string of the molecule is Cc1cncc(C(=O)N(C)O)c1. The van der Waals surface area contributed by atoms with Gasteiger partial charge < -0.3 is 0 Å². The number of nitrogens with zero attached hydrogens (tertiary/aromatic N) is 2. The van der Waals surface area contributed by atoms with Crippen LogP contribution >= 0.6 is 0 Å². The van der Waals surface area contributed by atoms with Crippen LogP contribution in [-0.2, 0) is 0 Å². The standard InChI is InChI=1S/C8H10N2O2/c1-6-3-7(5-9-4-6)8(11)10(2)12/h3-5,12H,1-2H3. The van der Waals surface area contributed by atoms with E-state index < -0.39 is 5.91 Å². The molecule has 0 radical (unpaired) electrons. The molecule has 1 aromatic heterocycles. The molecule has 4 heteroatoms. The van der Waals surface area contributed by atoms with Gasteiger partial charge in [-0.15, -0.1) is 0 Å². The number of rotatable bonds is 1. The topological polar surface area (TPSA) is 53.4 Å². The molecular formula is C8H10N2O2. The van der Waals surface area contributed by atoms with E-state index in [9.17, 15) is 4.79 Å². The van der Waals surface area contributed by atoms with Gasteiger partial charge in [0.15, 0.2) is 0 Å². The van der Waals surface area contributed by atoms with Crippen LogP contribution in [0.1, 0.15) is 15.9 Å². The van der Waals surface area contributed by atoms with Crippen LogP contribution in [0.5, 0.6) is 0 Å². The van der Waals surface area contributed by atoms with Crippen molar-refractivity contribution in [3.63, 3.8) is 0 Å². The van der Waals surface area contributed by atoms with Crippen LogP contribution in [0.4, 0.5) is 0 Å². The maximum absolute atomic E-state index is 11.1. The lowest BCUT2D eigenvalue weighted by molar-refractivity contribution is -0.0375. The minimum absolute atomic E-state index is 0.389. The summed E-state index contributed by atoms with van der Waals surface area (Å²) in [6.07, 6.45) is 3.07. The molecule has 0 saturated heterocycles. The lowest BCUT2D eigenvalue weighted by atomic mass is 10.2. The summed E-state index contributed by atoms with van der Waals surface area (Å²) in [7, 11) is 1.28. The van der Waals surface area contributed by atoms with Gasteiger partial charge in [0.25, 0.3) is 5.91 Å². The number of aryl methyl sites for hydroxylation is 1. The molecule has 0 aliphatic rings. The number of aromatic nitrogens is 1. The van der Waals surface area contributed by atoms with Crippen molar-refractivity contribution in [3.8, 4) is 0 Å². The fraction of sp³-hybridized carbons (Fsp3) is 0.250. The van der Waals surface area contributed by atoms with E-state index >= 15 is 0 Å². The van der Waals surface area contributed by atoms with Crippen molar-refractivity contribution in [2.24, 2.45) is 0 Å². The van der Waals surface area contributed by atoms with Crippen molar-refractivity contribution in [2.75, 3.05) is 7.05 Å². The highest BCUT2D eigenvalue weighted by atomic mass is 16.5. The van der Waals surface area contributed by atoms with Gasteiger partial charge >= 0.3 is 0 Å². The normalized spacial score (nSPS) is 9.58. The Kier molecular flexibility index (Phi) is 2.40. The molecule has 1 N–H and O–H groups in total. The van der Waals surface area contributed by atoms with Crippen LogP contribution in [0, 0.1) is 6.92 Å². The number of carbonyl (C=O) groups is 1. The summed E-state index contributed by atoms with van der Waals surface area (Å²) in [5.41, 5.74) is 1.28. The third kappa shape index (κ3) is 1.79. The molecule has 0 bridgehead atoms. The average molecular weight is 166 g/mol. The van der Waals surface area contributed by atoms with Gasteiger partial charge in [-0.1, -0.05) is 0 Å². The first kappa shape index (κ1) is 8.67. The van der Waals surface area contributed by atoms with Crippen LogP contribution in [0.25, 0.3) is 0 Å². The largest absolute Gasteiger partial charge is 0.286 e. The summed E-state index contributed by atoms with van der Waals surface area (Å²) in [6, 6.07) is 1.67. The molecular weight excluding hydrogens is 156 g/mol. The first-order valence-corrected chi connectivity index (χ1v) is 3.50. The Bertz CT molecular complexity index is 297. The quantitative estimate of drug-likeness (QED) is 0.497. The van der Waals surface area contributed by atoms with Crippen LogP contribution < -0.4 is 0 Å². The van der Waals surface area contributed by atoms with Crippen molar-refractivity contribution in [3.05, 3.63) is 29.6 Å². The number of carbonyl (C=O) groups excluding carboxylic acids is 1. The molecule has 0 atom stereocenters. The molecule has 1 amide bonds. The third-order valence-corrected chi connectivity index (χ3v) is 1.42. The maximum atomic E-state index is 11.1. The van der Waals surface area contributed by atoms with Crippen molar-refractivity contribution in [1.29, 1.82) is 0 Å². The van der Waals surface area contributed by atoms with E-state index in [0.29, 0.717) is 10.6 Å². The van der Waals surface area contributed by atoms with Crippen molar-refractivity contribution >= 4 is 5.91 Å². The van der Waals surface area contributed by atoms with Gasteiger partial charge in [0.1, 0.15) is 0 Å². The number of hydrogen-bond donors (Lipinski definition) is 1. The van der Waals surface area contributed by atoms with E-state index in [1.807, 2.05) is 6.92 Å². The molecule has 0 spiro atoms. The van der Waals surface area contributed by atoms with Crippen molar-refractivity contribution < 1.29 is 10.0 Å². The van der Waals surface area contributed by atoms with Crippen molar-refractivity contribution in [2.45, 2.75) is 6.92 Å². The molecule has 0 aromatic carbocycles. The van der Waals surface area contributed by atoms with Gasteiger partial charge in [-0.05, 0) is 18.6 Å². The summed E-state index contributed by atoms with van der Waals surface area (Å²) in [6.45, 7) is 1.83. The Balaban J connectivity index is 2.96. The van der Waals surface area contributed by atoms with Gasteiger partial charge in [-0.25, -0.2) is 5.06 Å². The van der Waals surface area contributed by atoms with E-state index in [0.717, 1.165) is 5.56 Å². The highest BCUT2D eigenvalue weighted by molar-refractivity contribution is 5.92. The van der Waals surface area contributed by atoms with Crippen LogP contribution in [0.15, 0.2) is 18.5 Å². The summed E-state index contributed by atoms with van der Waals surface area (Å²) in [4.78, 5) is 15.0. The number of hydrogen-bond acceptors (Lipinski definition) is 3. The summed E-state index contributed by atoms with van der Waals surface area (Å²) >= 11 is 0. The summed E-state index contributed by atoms with van der Waals surface area (Å²) in [5.74, 6) is -0.453. The van der Waals surface area contributed by atoms with Crippen molar-refractivity contribution in [1.82, 2.24) is 10.0 Å². The van der Waals surface area contributed by atoms with E-state index in [-0.39, 0.29) is 0 Å². The van der Waals surface area contributed by atoms with E-state index in [2.05, 4.69) is 4.98 Å².